The summed E-state index contributed by atoms with van der Waals surface area (Å²) in [5, 5.41) is 6.38. The highest BCUT2D eigenvalue weighted by molar-refractivity contribution is 7.99. The molecular formula is C15H23F2N3S. The van der Waals surface area contributed by atoms with E-state index < -0.39 is 11.6 Å². The van der Waals surface area contributed by atoms with Crippen molar-refractivity contribution in [2.45, 2.75) is 25.0 Å². The van der Waals surface area contributed by atoms with Crippen molar-refractivity contribution in [1.82, 2.24) is 10.6 Å². The average Bonchev–Trinajstić information content (AvgIpc) is 2.41. The minimum absolute atomic E-state index is 0.114. The third-order valence-corrected chi connectivity index (χ3v) is 4.34. The first-order valence-electron chi connectivity index (χ1n) is 6.81. The summed E-state index contributed by atoms with van der Waals surface area (Å²) in [5.74, 6) is -0.405. The second kappa shape index (κ2) is 8.22. The first-order valence-corrected chi connectivity index (χ1v) is 8.03. The van der Waals surface area contributed by atoms with Crippen LogP contribution in [0.15, 0.2) is 23.2 Å². The van der Waals surface area contributed by atoms with E-state index in [1.807, 2.05) is 0 Å². The molecule has 1 rings (SSSR count). The lowest BCUT2D eigenvalue weighted by Crippen LogP contribution is -2.43. The summed E-state index contributed by atoms with van der Waals surface area (Å²) >= 11 is 1.77. The molecule has 0 aliphatic heterocycles. The van der Waals surface area contributed by atoms with Crippen molar-refractivity contribution in [3.63, 3.8) is 0 Å². The van der Waals surface area contributed by atoms with E-state index >= 15 is 0 Å². The maximum atomic E-state index is 13.1. The molecule has 118 valence electrons. The molecule has 1 aromatic rings. The number of aliphatic imine (C=N–C) groups is 1. The van der Waals surface area contributed by atoms with Crippen LogP contribution < -0.4 is 10.6 Å². The Kier molecular flexibility index (Phi) is 6.95. The molecule has 0 aromatic heterocycles. The van der Waals surface area contributed by atoms with Gasteiger partial charge in [-0.1, -0.05) is 0 Å². The molecule has 0 radical (unpaired) electrons. The van der Waals surface area contributed by atoms with Gasteiger partial charge in [-0.2, -0.15) is 11.8 Å². The smallest absolute Gasteiger partial charge is 0.191 e. The molecule has 0 heterocycles. The Hall–Kier alpha value is -1.30. The quantitative estimate of drug-likeness (QED) is 0.626. The van der Waals surface area contributed by atoms with Gasteiger partial charge in [0.05, 0.1) is 0 Å². The number of hydrogen-bond acceptors (Lipinski definition) is 2. The Bertz CT molecular complexity index is 470. The Morgan fingerprint density at radius 2 is 1.81 bits per heavy atom. The van der Waals surface area contributed by atoms with E-state index in [-0.39, 0.29) is 4.75 Å². The summed E-state index contributed by atoms with van der Waals surface area (Å²) in [5.41, 5.74) is 0.625. The van der Waals surface area contributed by atoms with Crippen LogP contribution in [0.3, 0.4) is 0 Å². The lowest BCUT2D eigenvalue weighted by molar-refractivity contribution is 0.579. The summed E-state index contributed by atoms with van der Waals surface area (Å²) in [6, 6.07) is 3.57. The number of halogens is 2. The van der Waals surface area contributed by atoms with Crippen molar-refractivity contribution in [2.75, 3.05) is 26.4 Å². The molecule has 0 unspecified atom stereocenters. The van der Waals surface area contributed by atoms with Crippen molar-refractivity contribution in [1.29, 1.82) is 0 Å². The predicted molar refractivity (Wildman–Crippen MR) is 87.0 cm³/mol. The molecular weight excluding hydrogens is 292 g/mol. The van der Waals surface area contributed by atoms with Crippen LogP contribution in [0.1, 0.15) is 19.4 Å². The molecule has 0 aliphatic carbocycles. The summed E-state index contributed by atoms with van der Waals surface area (Å²) < 4.78 is 26.3. The highest BCUT2D eigenvalue weighted by Gasteiger charge is 2.15. The van der Waals surface area contributed by atoms with Crippen LogP contribution in [-0.2, 0) is 6.42 Å². The van der Waals surface area contributed by atoms with Gasteiger partial charge in [0, 0.05) is 31.0 Å². The number of guanidine groups is 1. The zero-order chi connectivity index (χ0) is 15.9. The van der Waals surface area contributed by atoms with Crippen molar-refractivity contribution in [2.24, 2.45) is 4.99 Å². The molecule has 0 saturated carbocycles. The van der Waals surface area contributed by atoms with E-state index in [2.05, 4.69) is 35.7 Å². The van der Waals surface area contributed by atoms with Crippen LogP contribution in [0.2, 0.25) is 0 Å². The summed E-state index contributed by atoms with van der Waals surface area (Å²) in [7, 11) is 1.70. The predicted octanol–water partition coefficient (Wildman–Crippen LogP) is 2.81. The zero-order valence-corrected chi connectivity index (χ0v) is 13.8. The minimum Gasteiger partial charge on any atom is -0.356 e. The second-order valence-electron chi connectivity index (χ2n) is 5.34. The number of nitrogens with one attached hydrogen (secondary N) is 2. The fourth-order valence-corrected chi connectivity index (χ4v) is 1.89. The maximum absolute atomic E-state index is 13.1. The SMILES string of the molecule is CN=C(NCCc1cc(F)cc(F)c1)NCC(C)(C)SC. The molecule has 21 heavy (non-hydrogen) atoms. The van der Waals surface area contributed by atoms with Gasteiger partial charge in [-0.15, -0.1) is 0 Å². The van der Waals surface area contributed by atoms with Gasteiger partial charge >= 0.3 is 0 Å². The number of hydrogen-bond donors (Lipinski definition) is 2. The van der Waals surface area contributed by atoms with Crippen LogP contribution in [0.25, 0.3) is 0 Å². The van der Waals surface area contributed by atoms with Gasteiger partial charge in [-0.25, -0.2) is 8.78 Å². The fraction of sp³-hybridized carbons (Fsp3) is 0.533. The molecule has 6 heteroatoms. The largest absolute Gasteiger partial charge is 0.356 e. The Balaban J connectivity index is 2.42. The van der Waals surface area contributed by atoms with Crippen molar-refractivity contribution >= 4 is 17.7 Å². The molecule has 3 nitrogen and oxygen atoms in total. The average molecular weight is 315 g/mol. The molecule has 0 saturated heterocycles. The lowest BCUT2D eigenvalue weighted by Gasteiger charge is -2.23. The van der Waals surface area contributed by atoms with E-state index in [4.69, 9.17) is 0 Å². The van der Waals surface area contributed by atoms with Crippen LogP contribution in [-0.4, -0.2) is 37.1 Å². The van der Waals surface area contributed by atoms with Crippen LogP contribution >= 0.6 is 11.8 Å². The number of rotatable bonds is 6. The minimum atomic E-state index is -0.547. The first kappa shape index (κ1) is 17.8. The van der Waals surface area contributed by atoms with E-state index in [9.17, 15) is 8.78 Å². The fourth-order valence-electron chi connectivity index (χ4n) is 1.67. The van der Waals surface area contributed by atoms with Crippen LogP contribution in [0, 0.1) is 11.6 Å². The van der Waals surface area contributed by atoms with Gasteiger partial charge in [-0.05, 0) is 44.2 Å². The van der Waals surface area contributed by atoms with Crippen LogP contribution in [0.4, 0.5) is 8.78 Å². The zero-order valence-electron chi connectivity index (χ0n) is 13.0. The van der Waals surface area contributed by atoms with E-state index in [0.717, 1.165) is 12.6 Å². The van der Waals surface area contributed by atoms with E-state index in [1.54, 1.807) is 18.8 Å². The summed E-state index contributed by atoms with van der Waals surface area (Å²) in [6.45, 7) is 5.63. The molecule has 0 amide bonds. The van der Waals surface area contributed by atoms with Gasteiger partial charge in [0.2, 0.25) is 0 Å². The standard InChI is InChI=1S/C15H23F2N3S/c1-15(2,21-4)10-20-14(18-3)19-6-5-11-7-12(16)9-13(17)8-11/h7-9H,5-6,10H2,1-4H3,(H2,18,19,20). The molecule has 0 aliphatic rings. The monoisotopic (exact) mass is 315 g/mol. The molecule has 1 aromatic carbocycles. The molecule has 0 atom stereocenters. The number of thioether (sulfide) groups is 1. The van der Waals surface area contributed by atoms with Gasteiger partial charge in [0.15, 0.2) is 5.96 Å². The van der Waals surface area contributed by atoms with Crippen molar-refractivity contribution in [3.8, 4) is 0 Å². The second-order valence-corrected chi connectivity index (χ2v) is 6.86. The van der Waals surface area contributed by atoms with Crippen LogP contribution in [0.5, 0.6) is 0 Å². The molecule has 0 bridgehead atoms. The van der Waals surface area contributed by atoms with Gasteiger partial charge in [-0.3, -0.25) is 4.99 Å². The number of nitrogens with zero attached hydrogens (tertiary/aromatic N) is 1. The van der Waals surface area contributed by atoms with Crippen molar-refractivity contribution in [3.05, 3.63) is 35.4 Å². The summed E-state index contributed by atoms with van der Waals surface area (Å²) in [6.07, 6.45) is 2.59. The highest BCUT2D eigenvalue weighted by Crippen LogP contribution is 2.19. The molecule has 0 spiro atoms. The third-order valence-electron chi connectivity index (χ3n) is 3.09. The summed E-state index contributed by atoms with van der Waals surface area (Å²) in [4.78, 5) is 4.13. The lowest BCUT2D eigenvalue weighted by atomic mass is 10.1. The topological polar surface area (TPSA) is 36.4 Å². The van der Waals surface area contributed by atoms with Gasteiger partial charge in [0.1, 0.15) is 11.6 Å². The normalized spacial score (nSPS) is 12.4. The van der Waals surface area contributed by atoms with Gasteiger partial charge < -0.3 is 10.6 Å². The first-order chi connectivity index (χ1) is 9.86. The highest BCUT2D eigenvalue weighted by atomic mass is 32.2. The third kappa shape index (κ3) is 6.80. The maximum Gasteiger partial charge on any atom is 0.191 e. The molecule has 2 N–H and O–H groups in total. The van der Waals surface area contributed by atoms with E-state index in [1.165, 1.54) is 12.1 Å². The van der Waals surface area contributed by atoms with E-state index in [0.29, 0.717) is 24.5 Å². The number of benzene rings is 1. The Morgan fingerprint density at radius 3 is 2.33 bits per heavy atom. The Labute approximate surface area is 129 Å². The Morgan fingerprint density at radius 1 is 1.19 bits per heavy atom. The van der Waals surface area contributed by atoms with Gasteiger partial charge in [0.25, 0.3) is 0 Å². The van der Waals surface area contributed by atoms with Crippen molar-refractivity contribution < 1.29 is 8.78 Å². The molecule has 0 fully saturated rings.